The van der Waals surface area contributed by atoms with Crippen LogP contribution in [0.5, 0.6) is 0 Å². The number of imide groups is 1. The number of carbonyl (C=O) groups excluding carboxylic acids is 2. The Morgan fingerprint density at radius 3 is 2.11 bits per heavy atom. The van der Waals surface area contributed by atoms with Gasteiger partial charge in [-0.05, 0) is 92.0 Å². The fraction of sp³-hybridized carbons (Fsp3) is 0.517. The summed E-state index contributed by atoms with van der Waals surface area (Å²) in [5.74, 6) is 2.47. The van der Waals surface area contributed by atoms with Crippen LogP contribution in [0.25, 0.3) is 0 Å². The number of rotatable bonds is 8. The number of hydrogen-bond acceptors (Lipinski definition) is 5. The average Bonchev–Trinajstić information content (AvgIpc) is 2.83. The molecule has 0 radical (unpaired) electrons. The molecule has 0 spiro atoms. The van der Waals surface area contributed by atoms with Gasteiger partial charge in [-0.1, -0.05) is 30.3 Å². The van der Waals surface area contributed by atoms with Crippen molar-refractivity contribution in [2.45, 2.75) is 76.0 Å². The number of carbonyl (C=O) groups is 2. The van der Waals surface area contributed by atoms with Crippen molar-refractivity contribution in [2.75, 3.05) is 10.6 Å². The smallest absolute Gasteiger partial charge is 0.249 e. The van der Waals surface area contributed by atoms with Crippen molar-refractivity contribution >= 4 is 23.2 Å². The number of anilines is 2. The molecule has 1 aliphatic heterocycles. The van der Waals surface area contributed by atoms with Crippen molar-refractivity contribution in [3.63, 3.8) is 0 Å². The maximum absolute atomic E-state index is 12.0. The van der Waals surface area contributed by atoms with E-state index in [0.29, 0.717) is 18.4 Å². The SMILES string of the molecule is O=C1CCC(Nc2cccc(NCc3ccc(CNC45CC6CC(CC(C6)C4)C5)cc3)c2)C(=O)N1. The normalized spacial score (nSPS) is 31.3. The van der Waals surface area contributed by atoms with Crippen LogP contribution in [0.4, 0.5) is 11.4 Å². The molecule has 5 fully saturated rings. The van der Waals surface area contributed by atoms with Crippen molar-refractivity contribution in [1.29, 1.82) is 0 Å². The van der Waals surface area contributed by atoms with Crippen LogP contribution < -0.4 is 21.3 Å². The number of hydrogen-bond donors (Lipinski definition) is 4. The van der Waals surface area contributed by atoms with Gasteiger partial charge in [-0.25, -0.2) is 0 Å². The number of nitrogens with one attached hydrogen (secondary N) is 4. The van der Waals surface area contributed by atoms with Crippen molar-refractivity contribution < 1.29 is 9.59 Å². The van der Waals surface area contributed by atoms with Crippen LogP contribution >= 0.6 is 0 Å². The second-order valence-corrected chi connectivity index (χ2v) is 11.5. The first-order valence-corrected chi connectivity index (χ1v) is 13.3. The fourth-order valence-electron chi connectivity index (χ4n) is 7.35. The van der Waals surface area contributed by atoms with E-state index in [2.05, 4.69) is 45.5 Å². The van der Waals surface area contributed by atoms with Gasteiger partial charge in [0.15, 0.2) is 0 Å². The maximum Gasteiger partial charge on any atom is 0.249 e. The molecule has 4 saturated carbocycles. The topological polar surface area (TPSA) is 82.3 Å². The highest BCUT2D eigenvalue weighted by molar-refractivity contribution is 6.01. The zero-order valence-corrected chi connectivity index (χ0v) is 20.3. The summed E-state index contributed by atoms with van der Waals surface area (Å²) in [6.45, 7) is 1.71. The predicted molar refractivity (Wildman–Crippen MR) is 138 cm³/mol. The van der Waals surface area contributed by atoms with Crippen LogP contribution in [0.3, 0.4) is 0 Å². The molecule has 4 aliphatic carbocycles. The van der Waals surface area contributed by atoms with Crippen LogP contribution in [0.15, 0.2) is 48.5 Å². The van der Waals surface area contributed by atoms with Gasteiger partial charge >= 0.3 is 0 Å². The molecule has 2 aromatic rings. The van der Waals surface area contributed by atoms with E-state index in [-0.39, 0.29) is 17.9 Å². The first-order chi connectivity index (χ1) is 17.0. The Labute approximate surface area is 207 Å². The number of amides is 2. The third kappa shape index (κ3) is 5.08. The zero-order valence-electron chi connectivity index (χ0n) is 20.3. The second-order valence-electron chi connectivity index (χ2n) is 11.5. The lowest BCUT2D eigenvalue weighted by molar-refractivity contribution is -0.133. The molecule has 1 saturated heterocycles. The quantitative estimate of drug-likeness (QED) is 0.423. The Hall–Kier alpha value is -2.86. The summed E-state index contributed by atoms with van der Waals surface area (Å²) < 4.78 is 0. The maximum atomic E-state index is 12.0. The highest BCUT2D eigenvalue weighted by Gasteiger charge is 2.50. The summed E-state index contributed by atoms with van der Waals surface area (Å²) in [6, 6.07) is 16.5. The third-order valence-corrected chi connectivity index (χ3v) is 8.67. The molecular formula is C29H36N4O2. The highest BCUT2D eigenvalue weighted by Crippen LogP contribution is 2.55. The summed E-state index contributed by atoms with van der Waals surface area (Å²) in [6.07, 6.45) is 9.51. The molecule has 0 aromatic heterocycles. The standard InChI is InChI=1S/C29H36N4O2/c34-27-9-8-26(28(35)33-27)32-25-3-1-2-24(13-25)30-17-19-4-6-20(7-5-19)18-31-29-14-21-10-22(15-29)12-23(11-21)16-29/h1-7,13,21-23,26,30-32H,8-12,14-18H2,(H,33,34,35). The molecular weight excluding hydrogens is 436 g/mol. The lowest BCUT2D eigenvalue weighted by Crippen LogP contribution is -2.58. The van der Waals surface area contributed by atoms with E-state index in [1.807, 2.05) is 24.3 Å². The van der Waals surface area contributed by atoms with Crippen LogP contribution in [-0.2, 0) is 22.7 Å². The van der Waals surface area contributed by atoms with Crippen LogP contribution in [0.1, 0.15) is 62.5 Å². The van der Waals surface area contributed by atoms with Gasteiger partial charge in [0, 0.05) is 36.4 Å². The Kier molecular flexibility index (Phi) is 6.01. The van der Waals surface area contributed by atoms with E-state index < -0.39 is 0 Å². The summed E-state index contributed by atoms with van der Waals surface area (Å²) in [5.41, 5.74) is 4.87. The van der Waals surface area contributed by atoms with Gasteiger partial charge in [0.05, 0.1) is 0 Å². The van der Waals surface area contributed by atoms with E-state index in [4.69, 9.17) is 0 Å². The Morgan fingerprint density at radius 1 is 0.829 bits per heavy atom. The van der Waals surface area contributed by atoms with E-state index >= 15 is 0 Å². The lowest BCUT2D eigenvalue weighted by Gasteiger charge is -2.57. The summed E-state index contributed by atoms with van der Waals surface area (Å²) >= 11 is 0. The minimum absolute atomic E-state index is 0.196. The Bertz CT molecular complexity index is 1060. The molecule has 1 unspecified atom stereocenters. The molecule has 4 bridgehead atoms. The van der Waals surface area contributed by atoms with Crippen LogP contribution in [0.2, 0.25) is 0 Å². The monoisotopic (exact) mass is 472 g/mol. The van der Waals surface area contributed by atoms with Crippen LogP contribution in [0, 0.1) is 17.8 Å². The van der Waals surface area contributed by atoms with E-state index in [9.17, 15) is 9.59 Å². The molecule has 2 amide bonds. The van der Waals surface area contributed by atoms with Gasteiger partial charge in [0.2, 0.25) is 11.8 Å². The van der Waals surface area contributed by atoms with Crippen molar-refractivity contribution in [2.24, 2.45) is 17.8 Å². The predicted octanol–water partition coefficient (Wildman–Crippen LogP) is 4.57. The highest BCUT2D eigenvalue weighted by atomic mass is 16.2. The van der Waals surface area contributed by atoms with Crippen molar-refractivity contribution in [3.8, 4) is 0 Å². The van der Waals surface area contributed by atoms with E-state index in [1.165, 1.54) is 49.7 Å². The largest absolute Gasteiger partial charge is 0.381 e. The third-order valence-electron chi connectivity index (χ3n) is 8.67. The molecule has 1 heterocycles. The molecule has 6 nitrogen and oxygen atoms in total. The minimum atomic E-state index is -0.373. The molecule has 5 aliphatic rings. The summed E-state index contributed by atoms with van der Waals surface area (Å²) in [5, 5.41) is 13.1. The molecule has 35 heavy (non-hydrogen) atoms. The van der Waals surface area contributed by atoms with Crippen molar-refractivity contribution in [3.05, 3.63) is 59.7 Å². The molecule has 7 rings (SSSR count). The van der Waals surface area contributed by atoms with E-state index in [1.54, 1.807) is 0 Å². The lowest BCUT2D eigenvalue weighted by atomic mass is 9.53. The molecule has 184 valence electrons. The summed E-state index contributed by atoms with van der Waals surface area (Å²) in [4.78, 5) is 23.4. The molecule has 4 N–H and O–H groups in total. The van der Waals surface area contributed by atoms with Crippen molar-refractivity contribution in [1.82, 2.24) is 10.6 Å². The molecule has 2 aromatic carbocycles. The molecule has 6 heteroatoms. The summed E-state index contributed by atoms with van der Waals surface area (Å²) in [7, 11) is 0. The van der Waals surface area contributed by atoms with Crippen LogP contribution in [-0.4, -0.2) is 23.4 Å². The van der Waals surface area contributed by atoms with Gasteiger partial charge < -0.3 is 16.0 Å². The number of piperidine rings is 1. The van der Waals surface area contributed by atoms with Gasteiger partial charge in [0.25, 0.3) is 0 Å². The average molecular weight is 473 g/mol. The molecule has 1 atom stereocenters. The second kappa shape index (κ2) is 9.30. The number of benzene rings is 2. The first kappa shape index (κ1) is 22.6. The zero-order chi connectivity index (χ0) is 23.8. The van der Waals surface area contributed by atoms with Gasteiger partial charge in [-0.2, -0.15) is 0 Å². The Morgan fingerprint density at radius 2 is 1.46 bits per heavy atom. The van der Waals surface area contributed by atoms with Gasteiger partial charge in [0.1, 0.15) is 6.04 Å². The van der Waals surface area contributed by atoms with E-state index in [0.717, 1.165) is 42.2 Å². The van der Waals surface area contributed by atoms with Gasteiger partial charge in [-0.3, -0.25) is 14.9 Å². The Balaban J connectivity index is 1.00. The fourth-order valence-corrected chi connectivity index (χ4v) is 7.35. The van der Waals surface area contributed by atoms with Gasteiger partial charge in [-0.15, -0.1) is 0 Å². The first-order valence-electron chi connectivity index (χ1n) is 13.3. The minimum Gasteiger partial charge on any atom is -0.381 e.